The van der Waals surface area contributed by atoms with E-state index in [1.807, 2.05) is 12.1 Å². The second kappa shape index (κ2) is 6.86. The van der Waals surface area contributed by atoms with Crippen LogP contribution in [0.3, 0.4) is 0 Å². The highest BCUT2D eigenvalue weighted by molar-refractivity contribution is 6.30. The van der Waals surface area contributed by atoms with Gasteiger partial charge in [0, 0.05) is 11.6 Å². The number of rotatable bonds is 6. The monoisotopic (exact) mass is 225 g/mol. The standard InChI is InChI=1S/C13H20ClN/c1-3-5-9-15(4-2)11-12-7-6-8-13(14)10-12/h6-8,10H,3-5,9,11H2,1-2H3. The quantitative estimate of drug-likeness (QED) is 0.709. The van der Waals surface area contributed by atoms with Crippen LogP contribution in [0.5, 0.6) is 0 Å². The zero-order valence-corrected chi connectivity index (χ0v) is 10.4. The average molecular weight is 226 g/mol. The fourth-order valence-electron chi connectivity index (χ4n) is 1.62. The summed E-state index contributed by atoms with van der Waals surface area (Å²) in [6.07, 6.45) is 2.53. The van der Waals surface area contributed by atoms with Gasteiger partial charge in [0.2, 0.25) is 0 Å². The lowest BCUT2D eigenvalue weighted by Gasteiger charge is -2.20. The normalized spacial score (nSPS) is 10.9. The SMILES string of the molecule is CCCCN(CC)Cc1cccc(Cl)c1. The van der Waals surface area contributed by atoms with Crippen molar-refractivity contribution in [1.82, 2.24) is 4.90 Å². The Morgan fingerprint density at radius 3 is 2.67 bits per heavy atom. The molecule has 2 heteroatoms. The number of halogens is 1. The third-order valence-electron chi connectivity index (χ3n) is 2.57. The highest BCUT2D eigenvalue weighted by atomic mass is 35.5. The van der Waals surface area contributed by atoms with E-state index in [-0.39, 0.29) is 0 Å². The van der Waals surface area contributed by atoms with Crippen LogP contribution in [-0.2, 0) is 6.54 Å². The van der Waals surface area contributed by atoms with Gasteiger partial charge in [0.05, 0.1) is 0 Å². The maximum atomic E-state index is 5.96. The molecule has 0 spiro atoms. The first-order valence-corrected chi connectivity index (χ1v) is 6.10. The molecule has 0 aromatic heterocycles. The lowest BCUT2D eigenvalue weighted by molar-refractivity contribution is 0.275. The van der Waals surface area contributed by atoms with Crippen LogP contribution in [0, 0.1) is 0 Å². The van der Waals surface area contributed by atoms with Crippen molar-refractivity contribution >= 4 is 11.6 Å². The van der Waals surface area contributed by atoms with Gasteiger partial charge >= 0.3 is 0 Å². The van der Waals surface area contributed by atoms with Crippen LogP contribution in [-0.4, -0.2) is 18.0 Å². The molecular weight excluding hydrogens is 206 g/mol. The Bertz CT molecular complexity index is 286. The Balaban J connectivity index is 2.50. The molecule has 15 heavy (non-hydrogen) atoms. The van der Waals surface area contributed by atoms with E-state index in [0.717, 1.165) is 18.1 Å². The highest BCUT2D eigenvalue weighted by Gasteiger charge is 2.02. The van der Waals surface area contributed by atoms with Crippen LogP contribution in [0.4, 0.5) is 0 Å². The molecule has 0 saturated heterocycles. The molecule has 0 saturated carbocycles. The molecular formula is C13H20ClN. The lowest BCUT2D eigenvalue weighted by Crippen LogP contribution is -2.23. The second-order valence-corrected chi connectivity index (χ2v) is 4.29. The van der Waals surface area contributed by atoms with Crippen molar-refractivity contribution in [3.05, 3.63) is 34.9 Å². The molecule has 0 atom stereocenters. The van der Waals surface area contributed by atoms with Gasteiger partial charge in [-0.05, 0) is 37.2 Å². The van der Waals surface area contributed by atoms with E-state index in [2.05, 4.69) is 30.9 Å². The first kappa shape index (κ1) is 12.5. The minimum absolute atomic E-state index is 0.832. The molecule has 1 aromatic carbocycles. The van der Waals surface area contributed by atoms with E-state index in [0.29, 0.717) is 0 Å². The minimum atomic E-state index is 0.832. The van der Waals surface area contributed by atoms with Crippen molar-refractivity contribution in [3.8, 4) is 0 Å². The molecule has 84 valence electrons. The number of nitrogens with zero attached hydrogens (tertiary/aromatic N) is 1. The number of hydrogen-bond acceptors (Lipinski definition) is 1. The summed E-state index contributed by atoms with van der Waals surface area (Å²) in [7, 11) is 0. The minimum Gasteiger partial charge on any atom is -0.299 e. The van der Waals surface area contributed by atoms with E-state index < -0.39 is 0 Å². The predicted octanol–water partition coefficient (Wildman–Crippen LogP) is 3.96. The third-order valence-corrected chi connectivity index (χ3v) is 2.81. The molecule has 0 heterocycles. The Labute approximate surface area is 98.0 Å². The van der Waals surface area contributed by atoms with Crippen molar-refractivity contribution in [2.75, 3.05) is 13.1 Å². The van der Waals surface area contributed by atoms with Gasteiger partial charge in [-0.2, -0.15) is 0 Å². The predicted molar refractivity (Wildman–Crippen MR) is 67.3 cm³/mol. The summed E-state index contributed by atoms with van der Waals surface area (Å²) in [6, 6.07) is 8.13. The lowest BCUT2D eigenvalue weighted by atomic mass is 10.2. The smallest absolute Gasteiger partial charge is 0.0409 e. The Kier molecular flexibility index (Phi) is 5.74. The van der Waals surface area contributed by atoms with Crippen molar-refractivity contribution in [1.29, 1.82) is 0 Å². The maximum Gasteiger partial charge on any atom is 0.0409 e. The second-order valence-electron chi connectivity index (χ2n) is 3.85. The van der Waals surface area contributed by atoms with Crippen LogP contribution in [0.25, 0.3) is 0 Å². The zero-order valence-electron chi connectivity index (χ0n) is 9.67. The van der Waals surface area contributed by atoms with Gasteiger partial charge in [0.25, 0.3) is 0 Å². The maximum absolute atomic E-state index is 5.96. The van der Waals surface area contributed by atoms with E-state index in [1.165, 1.54) is 24.9 Å². The van der Waals surface area contributed by atoms with Gasteiger partial charge in [0.15, 0.2) is 0 Å². The van der Waals surface area contributed by atoms with Crippen LogP contribution in [0.1, 0.15) is 32.3 Å². The van der Waals surface area contributed by atoms with Crippen molar-refractivity contribution in [3.63, 3.8) is 0 Å². The summed E-state index contributed by atoms with van der Waals surface area (Å²) in [4.78, 5) is 2.45. The Hall–Kier alpha value is -0.530. The largest absolute Gasteiger partial charge is 0.299 e. The van der Waals surface area contributed by atoms with Gasteiger partial charge in [-0.3, -0.25) is 4.90 Å². The molecule has 0 unspecified atom stereocenters. The molecule has 1 nitrogen and oxygen atoms in total. The first-order valence-electron chi connectivity index (χ1n) is 5.73. The molecule has 0 aliphatic rings. The summed E-state index contributed by atoms with van der Waals surface area (Å²) in [6.45, 7) is 7.73. The third kappa shape index (κ3) is 4.67. The fraction of sp³-hybridized carbons (Fsp3) is 0.538. The fourth-order valence-corrected chi connectivity index (χ4v) is 1.84. The average Bonchev–Trinajstić information content (AvgIpc) is 2.24. The molecule has 1 rings (SSSR count). The van der Waals surface area contributed by atoms with Gasteiger partial charge < -0.3 is 0 Å². The van der Waals surface area contributed by atoms with Gasteiger partial charge in [-0.15, -0.1) is 0 Å². The summed E-state index contributed by atoms with van der Waals surface area (Å²) in [5, 5.41) is 0.832. The van der Waals surface area contributed by atoms with E-state index in [1.54, 1.807) is 0 Å². The molecule has 0 radical (unpaired) electrons. The number of benzene rings is 1. The van der Waals surface area contributed by atoms with Crippen LogP contribution >= 0.6 is 11.6 Å². The molecule has 0 bridgehead atoms. The number of hydrogen-bond donors (Lipinski definition) is 0. The molecule has 0 fully saturated rings. The molecule has 0 amide bonds. The summed E-state index contributed by atoms with van der Waals surface area (Å²) in [5.74, 6) is 0. The van der Waals surface area contributed by atoms with Gasteiger partial charge in [-0.25, -0.2) is 0 Å². The molecule has 0 aliphatic heterocycles. The summed E-state index contributed by atoms with van der Waals surface area (Å²) in [5.41, 5.74) is 1.31. The van der Waals surface area contributed by atoms with Crippen molar-refractivity contribution in [2.45, 2.75) is 33.2 Å². The van der Waals surface area contributed by atoms with Gasteiger partial charge in [-0.1, -0.05) is 44.0 Å². The first-order chi connectivity index (χ1) is 7.26. The summed E-state index contributed by atoms with van der Waals surface area (Å²) >= 11 is 5.96. The van der Waals surface area contributed by atoms with Crippen molar-refractivity contribution in [2.24, 2.45) is 0 Å². The molecule has 1 aromatic rings. The zero-order chi connectivity index (χ0) is 11.1. The van der Waals surface area contributed by atoms with Crippen LogP contribution in [0.15, 0.2) is 24.3 Å². The van der Waals surface area contributed by atoms with Crippen LogP contribution < -0.4 is 0 Å². The Morgan fingerprint density at radius 2 is 2.07 bits per heavy atom. The van der Waals surface area contributed by atoms with E-state index in [9.17, 15) is 0 Å². The molecule has 0 aliphatic carbocycles. The highest BCUT2D eigenvalue weighted by Crippen LogP contribution is 2.12. The summed E-state index contributed by atoms with van der Waals surface area (Å²) < 4.78 is 0. The Morgan fingerprint density at radius 1 is 1.27 bits per heavy atom. The molecule has 0 N–H and O–H groups in total. The number of unbranched alkanes of at least 4 members (excludes halogenated alkanes) is 1. The topological polar surface area (TPSA) is 3.24 Å². The van der Waals surface area contributed by atoms with Crippen molar-refractivity contribution < 1.29 is 0 Å². The van der Waals surface area contributed by atoms with E-state index >= 15 is 0 Å². The van der Waals surface area contributed by atoms with E-state index in [4.69, 9.17) is 11.6 Å². The van der Waals surface area contributed by atoms with Gasteiger partial charge in [0.1, 0.15) is 0 Å². The van der Waals surface area contributed by atoms with Crippen LogP contribution in [0.2, 0.25) is 5.02 Å².